The summed E-state index contributed by atoms with van der Waals surface area (Å²) in [5.41, 5.74) is 0.621. The highest BCUT2D eigenvalue weighted by atomic mass is 35.5. The summed E-state index contributed by atoms with van der Waals surface area (Å²) in [6, 6.07) is 10.9. The molecular formula is C21H25ClO5. The lowest BCUT2D eigenvalue weighted by molar-refractivity contribution is 0.0691. The van der Waals surface area contributed by atoms with Crippen molar-refractivity contribution in [2.45, 2.75) is 39.7 Å². The van der Waals surface area contributed by atoms with Gasteiger partial charge < -0.3 is 14.9 Å². The largest absolute Gasteiger partial charge is 0.508 e. The van der Waals surface area contributed by atoms with E-state index in [-0.39, 0.29) is 35.0 Å². The van der Waals surface area contributed by atoms with E-state index in [2.05, 4.69) is 6.92 Å². The Hall–Kier alpha value is -2.53. The number of aromatic carboxylic acids is 1. The van der Waals surface area contributed by atoms with Crippen LogP contribution in [0.5, 0.6) is 11.5 Å². The second-order valence-electron chi connectivity index (χ2n) is 5.86. The van der Waals surface area contributed by atoms with E-state index in [9.17, 15) is 19.8 Å². The molecule has 0 aliphatic heterocycles. The Bertz CT molecular complexity index is 722. The van der Waals surface area contributed by atoms with Gasteiger partial charge in [0, 0.05) is 11.4 Å². The maximum atomic E-state index is 11.6. The second kappa shape index (κ2) is 12.0. The predicted molar refractivity (Wildman–Crippen MR) is 106 cm³/mol. The van der Waals surface area contributed by atoms with Crippen LogP contribution in [0, 0.1) is 0 Å². The molecule has 6 heteroatoms. The lowest BCUT2D eigenvalue weighted by Gasteiger charge is -2.13. The normalized spacial score (nSPS) is 9.89. The number of carbonyl (C=O) groups excluding carboxylic acids is 1. The van der Waals surface area contributed by atoms with Crippen LogP contribution in [0.25, 0.3) is 0 Å². The molecule has 5 nitrogen and oxygen atoms in total. The van der Waals surface area contributed by atoms with E-state index >= 15 is 0 Å². The first kappa shape index (κ1) is 22.5. The van der Waals surface area contributed by atoms with Gasteiger partial charge in [-0.2, -0.15) is 0 Å². The van der Waals surface area contributed by atoms with Gasteiger partial charge in [-0.1, -0.05) is 44.0 Å². The van der Waals surface area contributed by atoms with E-state index < -0.39 is 5.97 Å². The molecule has 2 aromatic carbocycles. The lowest BCUT2D eigenvalue weighted by Crippen LogP contribution is -2.08. The van der Waals surface area contributed by atoms with E-state index in [0.717, 1.165) is 5.88 Å². The van der Waals surface area contributed by atoms with Gasteiger partial charge in [-0.15, -0.1) is 11.6 Å². The Morgan fingerprint density at radius 1 is 1.04 bits per heavy atom. The molecule has 0 amide bonds. The number of halogens is 1. The summed E-state index contributed by atoms with van der Waals surface area (Å²) >= 11 is 5.38. The molecule has 0 radical (unpaired) electrons. The van der Waals surface area contributed by atoms with Crippen LogP contribution in [-0.2, 0) is 6.61 Å². The number of alkyl halides is 1. The number of para-hydroxylation sites is 2. The molecule has 0 aliphatic carbocycles. The molecule has 2 aromatic rings. The molecule has 2 N–H and O–H groups in total. The van der Waals surface area contributed by atoms with Crippen LogP contribution in [-0.4, -0.2) is 27.8 Å². The van der Waals surface area contributed by atoms with Crippen molar-refractivity contribution in [3.8, 4) is 11.5 Å². The zero-order valence-corrected chi connectivity index (χ0v) is 16.3. The fourth-order valence-corrected chi connectivity index (χ4v) is 2.45. The summed E-state index contributed by atoms with van der Waals surface area (Å²) in [7, 11) is 0. The van der Waals surface area contributed by atoms with Gasteiger partial charge in [-0.3, -0.25) is 4.79 Å². The average Bonchev–Trinajstić information content (AvgIpc) is 2.65. The molecule has 2 rings (SSSR count). The summed E-state index contributed by atoms with van der Waals surface area (Å²) in [5, 5.41) is 18.9. The number of rotatable bonds is 8. The fraction of sp³-hybridized carbons (Fsp3) is 0.333. The number of carbonyl (C=O) groups is 2. The summed E-state index contributed by atoms with van der Waals surface area (Å²) in [6.07, 6.45) is 3.73. The minimum Gasteiger partial charge on any atom is -0.508 e. The van der Waals surface area contributed by atoms with Gasteiger partial charge in [0.15, 0.2) is 5.78 Å². The van der Waals surface area contributed by atoms with Gasteiger partial charge in [0.05, 0.1) is 5.56 Å². The molecule has 0 aliphatic rings. The molecule has 0 fully saturated rings. The number of carboxylic acids is 1. The number of Topliss-reactive ketones (excluding diaryl/α,β-unsaturated/α-hetero) is 1. The molecule has 27 heavy (non-hydrogen) atoms. The van der Waals surface area contributed by atoms with Gasteiger partial charge in [0.2, 0.25) is 0 Å². The minimum atomic E-state index is -1.18. The first-order valence-corrected chi connectivity index (χ1v) is 9.28. The molecule has 0 bridgehead atoms. The Labute approximate surface area is 164 Å². The van der Waals surface area contributed by atoms with Gasteiger partial charge in [-0.05, 0) is 31.5 Å². The lowest BCUT2D eigenvalue weighted by atomic mass is 10.1. The zero-order chi connectivity index (χ0) is 20.2. The highest BCUT2D eigenvalue weighted by Crippen LogP contribution is 2.27. The standard InChI is InChI=1S/C16H14O5.C5H11Cl/c1-10(17)12-6-4-7-13(16(19)20)15(12)21-9-11-5-2-3-8-14(11)18;1-2-3-4-5-6/h2-8,18H,9H2,1H3,(H,19,20);2-5H2,1H3. The number of ether oxygens (including phenoxy) is 1. The van der Waals surface area contributed by atoms with Gasteiger partial charge in [-0.25, -0.2) is 4.79 Å². The maximum Gasteiger partial charge on any atom is 0.339 e. The number of aromatic hydroxyl groups is 1. The molecule has 0 heterocycles. The molecule has 0 saturated heterocycles. The molecular weight excluding hydrogens is 368 g/mol. The van der Waals surface area contributed by atoms with Gasteiger partial charge in [0.25, 0.3) is 0 Å². The highest BCUT2D eigenvalue weighted by molar-refractivity contribution is 6.17. The summed E-state index contributed by atoms with van der Waals surface area (Å²) in [4.78, 5) is 22.8. The van der Waals surface area contributed by atoms with E-state index in [1.165, 1.54) is 50.5 Å². The Balaban J connectivity index is 0.000000527. The fourth-order valence-electron chi connectivity index (χ4n) is 2.27. The van der Waals surface area contributed by atoms with Crippen molar-refractivity contribution in [1.82, 2.24) is 0 Å². The van der Waals surface area contributed by atoms with Crippen molar-refractivity contribution >= 4 is 23.4 Å². The number of phenols is 1. The van der Waals surface area contributed by atoms with Crippen LogP contribution in [0.15, 0.2) is 42.5 Å². The zero-order valence-electron chi connectivity index (χ0n) is 15.6. The molecule has 0 spiro atoms. The van der Waals surface area contributed by atoms with Gasteiger partial charge in [0.1, 0.15) is 23.7 Å². The Kier molecular flexibility index (Phi) is 9.98. The third-order valence-corrected chi connectivity index (χ3v) is 3.99. The topological polar surface area (TPSA) is 83.8 Å². The van der Waals surface area contributed by atoms with Crippen molar-refractivity contribution in [3.63, 3.8) is 0 Å². The monoisotopic (exact) mass is 392 g/mol. The molecule has 0 saturated carbocycles. The minimum absolute atomic E-state index is 0.0146. The number of hydrogen-bond acceptors (Lipinski definition) is 4. The molecule has 0 aromatic heterocycles. The van der Waals surface area contributed by atoms with Crippen LogP contribution in [0.4, 0.5) is 0 Å². The van der Waals surface area contributed by atoms with E-state index in [1.54, 1.807) is 18.2 Å². The molecule has 146 valence electrons. The smallest absolute Gasteiger partial charge is 0.339 e. The third-order valence-electron chi connectivity index (χ3n) is 3.73. The van der Waals surface area contributed by atoms with Crippen molar-refractivity contribution in [2.75, 3.05) is 5.88 Å². The Morgan fingerprint density at radius 3 is 2.22 bits per heavy atom. The van der Waals surface area contributed by atoms with Gasteiger partial charge >= 0.3 is 5.97 Å². The van der Waals surface area contributed by atoms with E-state index in [1.807, 2.05) is 0 Å². The number of benzene rings is 2. The van der Waals surface area contributed by atoms with Crippen LogP contribution < -0.4 is 4.74 Å². The predicted octanol–water partition coefficient (Wildman–Crippen LogP) is 5.29. The maximum absolute atomic E-state index is 11.6. The van der Waals surface area contributed by atoms with Crippen molar-refractivity contribution in [2.24, 2.45) is 0 Å². The number of carboxylic acid groups (broad SMARTS) is 1. The Morgan fingerprint density at radius 2 is 1.70 bits per heavy atom. The quantitative estimate of drug-likeness (QED) is 0.362. The summed E-state index contributed by atoms with van der Waals surface area (Å²) in [5.74, 6) is -0.570. The molecule has 0 atom stereocenters. The van der Waals surface area contributed by atoms with E-state index in [4.69, 9.17) is 16.3 Å². The molecule has 0 unspecified atom stereocenters. The number of unbranched alkanes of at least 4 members (excludes halogenated alkanes) is 2. The first-order valence-electron chi connectivity index (χ1n) is 8.75. The second-order valence-corrected chi connectivity index (χ2v) is 6.24. The van der Waals surface area contributed by atoms with Crippen LogP contribution in [0.3, 0.4) is 0 Å². The van der Waals surface area contributed by atoms with Crippen LogP contribution in [0.1, 0.15) is 59.4 Å². The van der Waals surface area contributed by atoms with Crippen LogP contribution >= 0.6 is 11.6 Å². The highest BCUT2D eigenvalue weighted by Gasteiger charge is 2.18. The van der Waals surface area contributed by atoms with Crippen molar-refractivity contribution in [3.05, 3.63) is 59.2 Å². The van der Waals surface area contributed by atoms with E-state index in [0.29, 0.717) is 5.56 Å². The summed E-state index contributed by atoms with van der Waals surface area (Å²) in [6.45, 7) is 3.48. The average molecular weight is 393 g/mol. The summed E-state index contributed by atoms with van der Waals surface area (Å²) < 4.78 is 5.50. The van der Waals surface area contributed by atoms with Crippen molar-refractivity contribution < 1.29 is 24.5 Å². The number of ketones is 1. The van der Waals surface area contributed by atoms with Crippen LogP contribution in [0.2, 0.25) is 0 Å². The SMILES string of the molecule is CC(=O)c1cccc(C(=O)O)c1OCc1ccccc1O.CCCCCCl. The number of hydrogen-bond donors (Lipinski definition) is 2. The first-order chi connectivity index (χ1) is 12.9. The number of phenolic OH excluding ortho intramolecular Hbond substituents is 1. The van der Waals surface area contributed by atoms with Crippen molar-refractivity contribution in [1.29, 1.82) is 0 Å². The third kappa shape index (κ3) is 7.31.